The second-order valence-corrected chi connectivity index (χ2v) is 6.85. The molecule has 0 saturated carbocycles. The molecule has 1 aliphatic heterocycles. The van der Waals surface area contributed by atoms with Gasteiger partial charge in [-0.25, -0.2) is 19.9 Å². The van der Waals surface area contributed by atoms with E-state index in [1.54, 1.807) is 6.33 Å². The molecule has 0 spiro atoms. The molecule has 3 heterocycles. The minimum Gasteiger partial charge on any atom is -0.244 e. The van der Waals surface area contributed by atoms with Crippen LogP contribution in [0.3, 0.4) is 0 Å². The number of aliphatic imine (C=N–C) groups is 1. The van der Waals surface area contributed by atoms with Gasteiger partial charge in [-0.15, -0.1) is 0 Å². The molecule has 2 aliphatic rings. The number of hydrogen-bond acceptors (Lipinski definition) is 4. The van der Waals surface area contributed by atoms with E-state index >= 15 is 0 Å². The smallest absolute Gasteiger partial charge is 0.155 e. The summed E-state index contributed by atoms with van der Waals surface area (Å²) < 4.78 is 0. The predicted octanol–water partition coefficient (Wildman–Crippen LogP) is 4.13. The monoisotopic (exact) mass is 306 g/mol. The van der Waals surface area contributed by atoms with Crippen LogP contribution < -0.4 is 0 Å². The van der Waals surface area contributed by atoms with E-state index in [0.717, 1.165) is 34.8 Å². The number of allylic oxidation sites excluding steroid dienone is 1. The Bertz CT molecular complexity index is 869. The van der Waals surface area contributed by atoms with Crippen LogP contribution in [0, 0.1) is 5.92 Å². The molecule has 4 heteroatoms. The van der Waals surface area contributed by atoms with Crippen LogP contribution in [0.15, 0.2) is 35.9 Å². The lowest BCUT2D eigenvalue weighted by atomic mass is 9.71. The first-order chi connectivity index (χ1) is 11.0. The molecule has 1 aliphatic carbocycles. The third kappa shape index (κ3) is 1.90. The lowest BCUT2D eigenvalue weighted by Crippen LogP contribution is -2.33. The summed E-state index contributed by atoms with van der Waals surface area (Å²) in [5.41, 5.74) is 6.87. The van der Waals surface area contributed by atoms with E-state index in [-0.39, 0.29) is 6.84 Å². The van der Waals surface area contributed by atoms with Gasteiger partial charge in [0.2, 0.25) is 0 Å². The first-order valence-electron chi connectivity index (χ1n) is 8.08. The zero-order valence-electron chi connectivity index (χ0n) is 14.0. The van der Waals surface area contributed by atoms with E-state index in [2.05, 4.69) is 54.8 Å². The van der Waals surface area contributed by atoms with Crippen LogP contribution in [-0.2, 0) is 11.8 Å². The maximum Gasteiger partial charge on any atom is 0.155 e. The molecule has 1 atom stereocenters. The molecule has 4 rings (SSSR count). The minimum absolute atomic E-state index is 0. The predicted molar refractivity (Wildman–Crippen MR) is 94.1 cm³/mol. The Kier molecular flexibility index (Phi) is 2.98. The largest absolute Gasteiger partial charge is 0.244 e. The molecule has 0 amide bonds. The summed E-state index contributed by atoms with van der Waals surface area (Å²) in [4.78, 5) is 17.9. The van der Waals surface area contributed by atoms with Crippen molar-refractivity contribution in [2.75, 3.05) is 0 Å². The number of fused-ring (bicyclic) bond motifs is 2. The first kappa shape index (κ1) is 14.2. The standard InChI is InChI=1S/C19H20N4.H2/c1-11(2)19(4)12(3)23-18-16(19)7-13(8-21-18)14-5-6-17-15(14)9-20-10-22-17;/h5,7-11H,6H2,1-4H3;1H. The van der Waals surface area contributed by atoms with Crippen LogP contribution in [-0.4, -0.2) is 20.7 Å². The van der Waals surface area contributed by atoms with E-state index in [1.807, 2.05) is 12.4 Å². The van der Waals surface area contributed by atoms with Crippen molar-refractivity contribution in [1.29, 1.82) is 0 Å². The van der Waals surface area contributed by atoms with Gasteiger partial charge in [0.25, 0.3) is 0 Å². The number of pyridine rings is 1. The fraction of sp³-hybridized carbons (Fsp3) is 0.368. The highest BCUT2D eigenvalue weighted by Crippen LogP contribution is 2.45. The van der Waals surface area contributed by atoms with Gasteiger partial charge in [0.05, 0.1) is 5.69 Å². The summed E-state index contributed by atoms with van der Waals surface area (Å²) in [7, 11) is 0. The van der Waals surface area contributed by atoms with Gasteiger partial charge in [-0.3, -0.25) is 0 Å². The average molecular weight is 306 g/mol. The fourth-order valence-electron chi connectivity index (χ4n) is 3.60. The van der Waals surface area contributed by atoms with Crippen LogP contribution in [0.4, 0.5) is 5.82 Å². The molecule has 0 saturated heterocycles. The van der Waals surface area contributed by atoms with Crippen LogP contribution in [0.5, 0.6) is 0 Å². The van der Waals surface area contributed by atoms with Crippen LogP contribution in [0.1, 0.15) is 51.5 Å². The minimum atomic E-state index is -0.0481. The lowest BCUT2D eigenvalue weighted by Gasteiger charge is -2.30. The molecule has 118 valence electrons. The van der Waals surface area contributed by atoms with Gasteiger partial charge >= 0.3 is 0 Å². The molecule has 1 unspecified atom stereocenters. The van der Waals surface area contributed by atoms with Crippen molar-refractivity contribution in [3.8, 4) is 0 Å². The van der Waals surface area contributed by atoms with E-state index in [1.165, 1.54) is 11.1 Å². The van der Waals surface area contributed by atoms with Crippen molar-refractivity contribution >= 4 is 17.1 Å². The van der Waals surface area contributed by atoms with Crippen molar-refractivity contribution < 1.29 is 1.43 Å². The molecule has 2 aromatic heterocycles. The van der Waals surface area contributed by atoms with Crippen molar-refractivity contribution in [2.45, 2.75) is 39.5 Å². The Labute approximate surface area is 137 Å². The van der Waals surface area contributed by atoms with E-state index in [4.69, 9.17) is 4.99 Å². The Morgan fingerprint density at radius 1 is 1.22 bits per heavy atom. The van der Waals surface area contributed by atoms with Gasteiger partial charge in [-0.05, 0) is 31.4 Å². The van der Waals surface area contributed by atoms with Crippen molar-refractivity contribution in [1.82, 2.24) is 15.0 Å². The molecule has 2 aromatic rings. The molecule has 0 bridgehead atoms. The zero-order valence-corrected chi connectivity index (χ0v) is 14.0. The maximum atomic E-state index is 4.70. The van der Waals surface area contributed by atoms with Gasteiger partial charge in [0.1, 0.15) is 6.33 Å². The Hall–Kier alpha value is -2.36. The van der Waals surface area contributed by atoms with Crippen molar-refractivity contribution in [3.63, 3.8) is 0 Å². The van der Waals surface area contributed by atoms with Gasteiger partial charge in [-0.1, -0.05) is 19.9 Å². The summed E-state index contributed by atoms with van der Waals surface area (Å²) in [6.07, 6.45) is 8.52. The van der Waals surface area contributed by atoms with Crippen molar-refractivity contribution in [2.24, 2.45) is 10.9 Å². The number of rotatable bonds is 2. The second kappa shape index (κ2) is 4.82. The summed E-state index contributed by atoms with van der Waals surface area (Å²) in [5.74, 6) is 1.34. The lowest BCUT2D eigenvalue weighted by molar-refractivity contribution is 0.455. The SMILES string of the molecule is CC1=Nc2ncc(C3=CCc4ncncc43)cc2C1(C)C(C)C.[HH]. The topological polar surface area (TPSA) is 51.0 Å². The Morgan fingerprint density at radius 3 is 2.83 bits per heavy atom. The number of hydrogen-bond donors (Lipinski definition) is 0. The van der Waals surface area contributed by atoms with Crippen LogP contribution >= 0.6 is 0 Å². The second-order valence-electron chi connectivity index (χ2n) is 6.85. The molecule has 0 N–H and O–H groups in total. The van der Waals surface area contributed by atoms with E-state index in [0.29, 0.717) is 5.92 Å². The zero-order chi connectivity index (χ0) is 16.2. The third-order valence-electron chi connectivity index (χ3n) is 5.50. The normalized spacial score (nSPS) is 22.0. The van der Waals surface area contributed by atoms with E-state index < -0.39 is 0 Å². The van der Waals surface area contributed by atoms with E-state index in [9.17, 15) is 0 Å². The molecule has 0 aromatic carbocycles. The van der Waals surface area contributed by atoms with Gasteiger partial charge < -0.3 is 0 Å². The summed E-state index contributed by atoms with van der Waals surface area (Å²) in [6.45, 7) is 8.88. The molecular formula is C19H22N4. The van der Waals surface area contributed by atoms with Gasteiger partial charge in [0.15, 0.2) is 5.82 Å². The van der Waals surface area contributed by atoms with Crippen LogP contribution in [0.25, 0.3) is 5.57 Å². The molecule has 4 nitrogen and oxygen atoms in total. The third-order valence-corrected chi connectivity index (χ3v) is 5.50. The average Bonchev–Trinajstić information content (AvgIpc) is 3.08. The maximum absolute atomic E-state index is 4.70. The molecule has 23 heavy (non-hydrogen) atoms. The Morgan fingerprint density at radius 2 is 2.04 bits per heavy atom. The van der Waals surface area contributed by atoms with Crippen LogP contribution in [0.2, 0.25) is 0 Å². The van der Waals surface area contributed by atoms with Gasteiger partial charge in [-0.2, -0.15) is 0 Å². The van der Waals surface area contributed by atoms with Crippen molar-refractivity contribution in [3.05, 3.63) is 53.2 Å². The highest BCUT2D eigenvalue weighted by atomic mass is 15.0. The molecule has 0 fully saturated rings. The molecular weight excluding hydrogens is 284 g/mol. The summed E-state index contributed by atoms with van der Waals surface area (Å²) in [5, 5.41) is 0. The highest BCUT2D eigenvalue weighted by Gasteiger charge is 2.40. The molecule has 0 radical (unpaired) electrons. The Balaban J connectivity index is 0.00000169. The summed E-state index contributed by atoms with van der Waals surface area (Å²) >= 11 is 0. The number of aromatic nitrogens is 3. The highest BCUT2D eigenvalue weighted by molar-refractivity contribution is 6.00. The fourth-order valence-corrected chi connectivity index (χ4v) is 3.60. The quantitative estimate of drug-likeness (QED) is 0.838. The number of nitrogens with zero attached hydrogens (tertiary/aromatic N) is 4. The first-order valence-corrected chi connectivity index (χ1v) is 8.08. The summed E-state index contributed by atoms with van der Waals surface area (Å²) in [6, 6.07) is 2.26. The van der Waals surface area contributed by atoms with Gasteiger partial charge in [0, 0.05) is 48.1 Å².